The van der Waals surface area contributed by atoms with Crippen molar-refractivity contribution in [3.63, 3.8) is 0 Å². The fraction of sp³-hybridized carbons (Fsp3) is 0.529. The van der Waals surface area contributed by atoms with Crippen LogP contribution in [0.15, 0.2) is 24.4 Å². The van der Waals surface area contributed by atoms with E-state index in [1.807, 2.05) is 6.07 Å². The summed E-state index contributed by atoms with van der Waals surface area (Å²) in [6, 6.07) is 6.54. The molecule has 2 atom stereocenters. The topological polar surface area (TPSA) is 17.0 Å². The van der Waals surface area contributed by atoms with Crippen LogP contribution in [0.4, 0.5) is 0 Å². The molecule has 2 unspecified atom stereocenters. The first-order valence-electron chi connectivity index (χ1n) is 7.81. The number of fused-ring (bicyclic) bond motifs is 1. The molecular formula is C17H22Cl2N2. The van der Waals surface area contributed by atoms with Gasteiger partial charge in [0.25, 0.3) is 0 Å². The van der Waals surface area contributed by atoms with Crippen molar-refractivity contribution in [2.45, 2.75) is 45.2 Å². The lowest BCUT2D eigenvalue weighted by molar-refractivity contribution is 0.299. The van der Waals surface area contributed by atoms with Crippen LogP contribution in [0.2, 0.25) is 10.0 Å². The molecule has 1 fully saturated rings. The van der Waals surface area contributed by atoms with Crippen LogP contribution >= 0.6 is 23.2 Å². The standard InChI is InChI=1S/C17H22Cl2N2/c1-12-3-2-4-14(9-12)20-6-8-21-7-5-15-16(19)10-13(18)11-17(15)21/h5,7,10-12,14,20H,2-4,6,8-9H2,1H3. The zero-order valence-electron chi connectivity index (χ0n) is 12.4. The Balaban J connectivity index is 1.63. The summed E-state index contributed by atoms with van der Waals surface area (Å²) in [5, 5.41) is 6.20. The first-order valence-corrected chi connectivity index (χ1v) is 8.56. The summed E-state index contributed by atoms with van der Waals surface area (Å²) in [5.41, 5.74) is 1.12. The Bertz CT molecular complexity index is 621. The van der Waals surface area contributed by atoms with Gasteiger partial charge in [-0.05, 0) is 37.0 Å². The van der Waals surface area contributed by atoms with Gasteiger partial charge >= 0.3 is 0 Å². The van der Waals surface area contributed by atoms with Crippen molar-refractivity contribution in [3.05, 3.63) is 34.4 Å². The van der Waals surface area contributed by atoms with Crippen LogP contribution < -0.4 is 5.32 Å². The van der Waals surface area contributed by atoms with E-state index in [9.17, 15) is 0 Å². The zero-order chi connectivity index (χ0) is 14.8. The molecule has 0 radical (unpaired) electrons. The quantitative estimate of drug-likeness (QED) is 0.826. The lowest BCUT2D eigenvalue weighted by Gasteiger charge is -2.27. The third-order valence-electron chi connectivity index (χ3n) is 4.53. The molecule has 1 saturated carbocycles. The first-order chi connectivity index (χ1) is 10.1. The minimum absolute atomic E-state index is 0.683. The van der Waals surface area contributed by atoms with Gasteiger partial charge in [0.2, 0.25) is 0 Å². The Kier molecular flexibility index (Phi) is 4.78. The maximum atomic E-state index is 6.23. The minimum atomic E-state index is 0.683. The molecule has 114 valence electrons. The molecule has 0 spiro atoms. The molecule has 0 saturated heterocycles. The van der Waals surface area contributed by atoms with Gasteiger partial charge in [-0.2, -0.15) is 0 Å². The smallest absolute Gasteiger partial charge is 0.0514 e. The number of nitrogens with one attached hydrogen (secondary N) is 1. The third-order valence-corrected chi connectivity index (χ3v) is 5.06. The van der Waals surface area contributed by atoms with Crippen molar-refractivity contribution in [1.29, 1.82) is 0 Å². The van der Waals surface area contributed by atoms with Crippen LogP contribution in [0.1, 0.15) is 32.6 Å². The highest BCUT2D eigenvalue weighted by atomic mass is 35.5. The molecule has 2 aromatic rings. The van der Waals surface area contributed by atoms with E-state index in [1.165, 1.54) is 25.7 Å². The number of aromatic nitrogens is 1. The second-order valence-electron chi connectivity index (χ2n) is 6.25. The zero-order valence-corrected chi connectivity index (χ0v) is 13.9. The molecule has 0 bridgehead atoms. The molecule has 3 rings (SSSR count). The maximum absolute atomic E-state index is 6.23. The lowest BCUT2D eigenvalue weighted by Crippen LogP contribution is -2.35. The van der Waals surface area contributed by atoms with Gasteiger partial charge in [-0.3, -0.25) is 0 Å². The number of nitrogens with zero attached hydrogens (tertiary/aromatic N) is 1. The van der Waals surface area contributed by atoms with E-state index in [0.717, 1.165) is 34.9 Å². The van der Waals surface area contributed by atoms with Crippen molar-refractivity contribution >= 4 is 34.1 Å². The molecule has 1 aliphatic rings. The van der Waals surface area contributed by atoms with Crippen LogP contribution in [0.5, 0.6) is 0 Å². The molecule has 0 aliphatic heterocycles. The number of halogens is 2. The van der Waals surface area contributed by atoms with Gasteiger partial charge in [0.15, 0.2) is 0 Å². The van der Waals surface area contributed by atoms with Gasteiger partial charge in [0.1, 0.15) is 0 Å². The summed E-state index contributed by atoms with van der Waals surface area (Å²) >= 11 is 12.3. The van der Waals surface area contributed by atoms with Crippen molar-refractivity contribution in [3.8, 4) is 0 Å². The average Bonchev–Trinajstić information content (AvgIpc) is 2.82. The Labute approximate surface area is 136 Å². The van der Waals surface area contributed by atoms with Crippen LogP contribution in [-0.2, 0) is 6.54 Å². The summed E-state index contributed by atoms with van der Waals surface area (Å²) < 4.78 is 2.23. The largest absolute Gasteiger partial charge is 0.346 e. The second kappa shape index (κ2) is 6.60. The van der Waals surface area contributed by atoms with Gasteiger partial charge in [0.05, 0.1) is 10.5 Å². The summed E-state index contributed by atoms with van der Waals surface area (Å²) in [5.74, 6) is 0.862. The number of hydrogen-bond donors (Lipinski definition) is 1. The molecule has 4 heteroatoms. The van der Waals surface area contributed by atoms with E-state index in [-0.39, 0.29) is 0 Å². The summed E-state index contributed by atoms with van der Waals surface area (Å²) in [6.07, 6.45) is 7.46. The van der Waals surface area contributed by atoms with Crippen LogP contribution in [0.25, 0.3) is 10.9 Å². The minimum Gasteiger partial charge on any atom is -0.346 e. The molecule has 1 N–H and O–H groups in total. The van der Waals surface area contributed by atoms with Crippen molar-refractivity contribution in [1.82, 2.24) is 9.88 Å². The fourth-order valence-corrected chi connectivity index (χ4v) is 3.97. The van der Waals surface area contributed by atoms with E-state index in [4.69, 9.17) is 23.2 Å². The lowest BCUT2D eigenvalue weighted by atomic mass is 9.87. The highest BCUT2D eigenvalue weighted by Crippen LogP contribution is 2.28. The summed E-state index contributed by atoms with van der Waals surface area (Å²) in [6.45, 7) is 4.30. The van der Waals surface area contributed by atoms with Crippen LogP contribution in [0.3, 0.4) is 0 Å². The van der Waals surface area contributed by atoms with Gasteiger partial charge in [-0.15, -0.1) is 0 Å². The van der Waals surface area contributed by atoms with Gasteiger partial charge in [-0.1, -0.05) is 43.0 Å². The Morgan fingerprint density at radius 3 is 2.95 bits per heavy atom. The van der Waals surface area contributed by atoms with Crippen molar-refractivity contribution in [2.24, 2.45) is 5.92 Å². The Hall–Kier alpha value is -0.700. The monoisotopic (exact) mass is 324 g/mol. The van der Waals surface area contributed by atoms with Crippen molar-refractivity contribution < 1.29 is 0 Å². The van der Waals surface area contributed by atoms with Crippen LogP contribution in [-0.4, -0.2) is 17.2 Å². The highest BCUT2D eigenvalue weighted by molar-refractivity contribution is 6.38. The normalized spacial score (nSPS) is 22.8. The van der Waals surface area contributed by atoms with E-state index in [0.29, 0.717) is 11.1 Å². The predicted octanol–water partition coefficient (Wildman–Crippen LogP) is 5.12. The SMILES string of the molecule is CC1CCCC(NCCn2ccc3c(Cl)cc(Cl)cc32)C1. The Morgan fingerprint density at radius 2 is 2.14 bits per heavy atom. The average molecular weight is 325 g/mol. The summed E-state index contributed by atoms with van der Waals surface area (Å²) in [7, 11) is 0. The highest BCUT2D eigenvalue weighted by Gasteiger charge is 2.17. The fourth-order valence-electron chi connectivity index (χ4n) is 3.42. The Morgan fingerprint density at radius 1 is 1.29 bits per heavy atom. The molecule has 0 amide bonds. The molecule has 1 aromatic carbocycles. The predicted molar refractivity (Wildman–Crippen MR) is 91.4 cm³/mol. The second-order valence-corrected chi connectivity index (χ2v) is 7.10. The molecule has 21 heavy (non-hydrogen) atoms. The summed E-state index contributed by atoms with van der Waals surface area (Å²) in [4.78, 5) is 0. The molecular weight excluding hydrogens is 303 g/mol. The number of rotatable bonds is 4. The third kappa shape index (κ3) is 3.56. The van der Waals surface area contributed by atoms with E-state index < -0.39 is 0 Å². The molecule has 1 aromatic heterocycles. The molecule has 2 nitrogen and oxygen atoms in total. The number of hydrogen-bond acceptors (Lipinski definition) is 1. The van der Waals surface area contributed by atoms with Gasteiger partial charge in [-0.25, -0.2) is 0 Å². The number of benzene rings is 1. The van der Waals surface area contributed by atoms with Gasteiger partial charge in [0, 0.05) is 35.7 Å². The molecule has 1 heterocycles. The van der Waals surface area contributed by atoms with Crippen molar-refractivity contribution in [2.75, 3.05) is 6.54 Å². The van der Waals surface area contributed by atoms with E-state index in [2.05, 4.69) is 29.1 Å². The van der Waals surface area contributed by atoms with E-state index in [1.54, 1.807) is 6.07 Å². The van der Waals surface area contributed by atoms with E-state index >= 15 is 0 Å². The van der Waals surface area contributed by atoms with Crippen LogP contribution in [0, 0.1) is 5.92 Å². The van der Waals surface area contributed by atoms with Gasteiger partial charge < -0.3 is 9.88 Å². The maximum Gasteiger partial charge on any atom is 0.0514 e. The first kappa shape index (κ1) is 15.2. The molecule has 1 aliphatic carbocycles.